The third-order valence-corrected chi connectivity index (χ3v) is 8.08. The predicted octanol–water partition coefficient (Wildman–Crippen LogP) is 2.34. The highest BCUT2D eigenvalue weighted by atomic mass is 32.2. The van der Waals surface area contributed by atoms with Crippen molar-refractivity contribution in [1.29, 1.82) is 0 Å². The molecule has 0 spiro atoms. The first-order valence-electron chi connectivity index (χ1n) is 10.2. The van der Waals surface area contributed by atoms with Crippen LogP contribution in [-0.2, 0) is 34.7 Å². The molecule has 2 aliphatic heterocycles. The largest absolute Gasteiger partial charge is 0.312 e. The van der Waals surface area contributed by atoms with Crippen LogP contribution in [0.3, 0.4) is 0 Å². The van der Waals surface area contributed by atoms with E-state index in [9.17, 15) is 13.2 Å². The van der Waals surface area contributed by atoms with Gasteiger partial charge in [0.25, 0.3) is 0 Å². The number of hydrogen-bond acceptors (Lipinski definition) is 4. The van der Waals surface area contributed by atoms with Gasteiger partial charge in [-0.15, -0.1) is 0 Å². The number of hydrogen-bond donors (Lipinski definition) is 0. The molecule has 0 radical (unpaired) electrons. The standard InChI is InChI=1S/C21H28N4O3S/c1-15-19(16(2)23(3)22-15)14-21(26)25-12-9-17-13-18(7-8-20(17)25)29(27,28)24-10-5-4-6-11-24/h7-8,13H,4-6,9-12,14H2,1-3H3. The van der Waals surface area contributed by atoms with Crippen molar-refractivity contribution >= 4 is 21.6 Å². The van der Waals surface area contributed by atoms with E-state index in [1.807, 2.05) is 20.9 Å². The normalized spacial score (nSPS) is 17.6. The molecule has 0 bridgehead atoms. The van der Waals surface area contributed by atoms with Crippen LogP contribution >= 0.6 is 0 Å². The van der Waals surface area contributed by atoms with Crippen molar-refractivity contribution in [3.63, 3.8) is 0 Å². The molecule has 8 heteroatoms. The summed E-state index contributed by atoms with van der Waals surface area (Å²) >= 11 is 0. The van der Waals surface area contributed by atoms with Gasteiger partial charge in [0.1, 0.15) is 0 Å². The fourth-order valence-electron chi connectivity index (χ4n) is 4.37. The highest BCUT2D eigenvalue weighted by Gasteiger charge is 2.30. The van der Waals surface area contributed by atoms with Gasteiger partial charge in [-0.3, -0.25) is 9.48 Å². The molecule has 0 aliphatic carbocycles. The summed E-state index contributed by atoms with van der Waals surface area (Å²) < 4.78 is 29.3. The average molecular weight is 417 g/mol. The van der Waals surface area contributed by atoms with Gasteiger partial charge in [0.05, 0.1) is 17.0 Å². The van der Waals surface area contributed by atoms with Crippen molar-refractivity contribution in [1.82, 2.24) is 14.1 Å². The molecule has 1 aromatic carbocycles. The number of carbonyl (C=O) groups excluding carboxylic acids is 1. The number of carbonyl (C=O) groups is 1. The summed E-state index contributed by atoms with van der Waals surface area (Å²) in [6, 6.07) is 5.20. The topological polar surface area (TPSA) is 75.5 Å². The maximum atomic E-state index is 13.0. The summed E-state index contributed by atoms with van der Waals surface area (Å²) in [5.41, 5.74) is 4.59. The van der Waals surface area contributed by atoms with Gasteiger partial charge in [-0.25, -0.2) is 8.42 Å². The summed E-state index contributed by atoms with van der Waals surface area (Å²) in [6.45, 7) is 5.66. The maximum absolute atomic E-state index is 13.0. The number of anilines is 1. The average Bonchev–Trinajstić information content (AvgIpc) is 3.24. The van der Waals surface area contributed by atoms with Crippen molar-refractivity contribution in [3.8, 4) is 0 Å². The van der Waals surface area contributed by atoms with Gasteiger partial charge in [0.2, 0.25) is 15.9 Å². The van der Waals surface area contributed by atoms with E-state index in [-0.39, 0.29) is 5.91 Å². The third-order valence-electron chi connectivity index (χ3n) is 6.19. The van der Waals surface area contributed by atoms with E-state index in [1.165, 1.54) is 0 Å². The van der Waals surface area contributed by atoms with Crippen LogP contribution in [0.1, 0.15) is 41.8 Å². The summed E-state index contributed by atoms with van der Waals surface area (Å²) in [7, 11) is -1.58. The number of sulfonamides is 1. The fourth-order valence-corrected chi connectivity index (χ4v) is 5.94. The zero-order valence-electron chi connectivity index (χ0n) is 17.3. The van der Waals surface area contributed by atoms with Gasteiger partial charge in [-0.2, -0.15) is 9.40 Å². The number of rotatable bonds is 4. The van der Waals surface area contributed by atoms with Crippen LogP contribution in [-0.4, -0.2) is 48.0 Å². The molecule has 4 rings (SSSR count). The van der Waals surface area contributed by atoms with E-state index in [2.05, 4.69) is 5.10 Å². The molecule has 0 N–H and O–H groups in total. The lowest BCUT2D eigenvalue weighted by molar-refractivity contribution is -0.117. The highest BCUT2D eigenvalue weighted by molar-refractivity contribution is 7.89. The first kappa shape index (κ1) is 20.1. The third kappa shape index (κ3) is 3.59. The molecule has 156 valence electrons. The molecule has 0 saturated carbocycles. The number of fused-ring (bicyclic) bond motifs is 1. The molecular weight excluding hydrogens is 388 g/mol. The number of amides is 1. The Balaban J connectivity index is 1.56. The first-order chi connectivity index (χ1) is 13.8. The van der Waals surface area contributed by atoms with E-state index in [1.54, 1.807) is 32.1 Å². The lowest BCUT2D eigenvalue weighted by Gasteiger charge is -2.26. The van der Waals surface area contributed by atoms with Crippen molar-refractivity contribution in [2.75, 3.05) is 24.5 Å². The van der Waals surface area contributed by atoms with Crippen LogP contribution in [0.4, 0.5) is 5.69 Å². The second kappa shape index (κ2) is 7.57. The number of piperidine rings is 1. The maximum Gasteiger partial charge on any atom is 0.243 e. The van der Waals surface area contributed by atoms with Gasteiger partial charge in [0.15, 0.2) is 0 Å². The molecule has 0 unspecified atom stereocenters. The van der Waals surface area contributed by atoms with Gasteiger partial charge in [0, 0.05) is 43.6 Å². The summed E-state index contributed by atoms with van der Waals surface area (Å²) in [5, 5.41) is 4.39. The van der Waals surface area contributed by atoms with Crippen molar-refractivity contribution in [3.05, 3.63) is 40.7 Å². The minimum Gasteiger partial charge on any atom is -0.312 e. The van der Waals surface area contributed by atoms with Gasteiger partial charge >= 0.3 is 0 Å². The van der Waals surface area contributed by atoms with E-state index in [0.29, 0.717) is 37.4 Å². The highest BCUT2D eigenvalue weighted by Crippen LogP contribution is 2.32. The lowest BCUT2D eigenvalue weighted by atomic mass is 10.1. The number of aromatic nitrogens is 2. The van der Waals surface area contributed by atoms with E-state index >= 15 is 0 Å². The summed E-state index contributed by atoms with van der Waals surface area (Å²) in [6.07, 6.45) is 3.90. The fraction of sp³-hybridized carbons (Fsp3) is 0.524. The SMILES string of the molecule is Cc1nn(C)c(C)c1CC(=O)N1CCc2cc(S(=O)(=O)N3CCCCC3)ccc21. The van der Waals surface area contributed by atoms with Crippen LogP contribution in [0.25, 0.3) is 0 Å². The second-order valence-corrected chi connectivity index (χ2v) is 9.94. The van der Waals surface area contributed by atoms with E-state index < -0.39 is 10.0 Å². The van der Waals surface area contributed by atoms with E-state index in [4.69, 9.17) is 0 Å². The molecule has 1 amide bonds. The van der Waals surface area contributed by atoms with Gasteiger partial charge in [-0.1, -0.05) is 6.42 Å². The molecule has 1 fully saturated rings. The molecule has 2 aliphatic rings. The minimum atomic E-state index is -3.46. The van der Waals surface area contributed by atoms with Crippen molar-refractivity contribution in [2.45, 2.75) is 50.8 Å². The zero-order chi connectivity index (χ0) is 20.8. The Hall–Kier alpha value is -2.19. The van der Waals surface area contributed by atoms with Crippen LogP contribution < -0.4 is 4.90 Å². The van der Waals surface area contributed by atoms with Gasteiger partial charge < -0.3 is 4.90 Å². The van der Waals surface area contributed by atoms with Crippen LogP contribution in [0, 0.1) is 13.8 Å². The molecule has 1 saturated heterocycles. The zero-order valence-corrected chi connectivity index (χ0v) is 18.1. The Morgan fingerprint density at radius 2 is 1.83 bits per heavy atom. The number of benzene rings is 1. The van der Waals surface area contributed by atoms with Crippen LogP contribution in [0.15, 0.2) is 23.1 Å². The second-order valence-electron chi connectivity index (χ2n) is 8.00. The molecule has 0 atom stereocenters. The predicted molar refractivity (Wildman–Crippen MR) is 111 cm³/mol. The number of nitrogens with zero attached hydrogens (tertiary/aromatic N) is 4. The molecule has 1 aromatic heterocycles. The van der Waals surface area contributed by atoms with E-state index in [0.717, 1.165) is 47.5 Å². The molecule has 2 aromatic rings. The first-order valence-corrected chi connectivity index (χ1v) is 11.7. The quantitative estimate of drug-likeness (QED) is 0.767. The minimum absolute atomic E-state index is 0.0228. The smallest absolute Gasteiger partial charge is 0.243 e. The summed E-state index contributed by atoms with van der Waals surface area (Å²) in [5.74, 6) is 0.0228. The molecule has 29 heavy (non-hydrogen) atoms. The Morgan fingerprint density at radius 1 is 1.10 bits per heavy atom. The molecular formula is C21H28N4O3S. The Kier molecular flexibility index (Phi) is 5.25. The Labute approximate surface area is 172 Å². The van der Waals surface area contributed by atoms with Crippen LogP contribution in [0.2, 0.25) is 0 Å². The van der Waals surface area contributed by atoms with Gasteiger partial charge in [-0.05, 0) is 56.9 Å². The van der Waals surface area contributed by atoms with Crippen molar-refractivity contribution < 1.29 is 13.2 Å². The summed E-state index contributed by atoms with van der Waals surface area (Å²) in [4.78, 5) is 15.1. The monoisotopic (exact) mass is 416 g/mol. The Morgan fingerprint density at radius 3 is 2.48 bits per heavy atom. The number of aryl methyl sites for hydroxylation is 2. The molecule has 7 nitrogen and oxygen atoms in total. The van der Waals surface area contributed by atoms with Crippen LogP contribution in [0.5, 0.6) is 0 Å². The Bertz CT molecular complexity index is 1050. The van der Waals surface area contributed by atoms with Crippen molar-refractivity contribution in [2.24, 2.45) is 7.05 Å². The lowest BCUT2D eigenvalue weighted by Crippen LogP contribution is -2.35. The molecule has 3 heterocycles.